The first-order valence-electron chi connectivity index (χ1n) is 9.45. The zero-order valence-electron chi connectivity index (χ0n) is 16.5. The van der Waals surface area contributed by atoms with E-state index in [4.69, 9.17) is 10.5 Å². The van der Waals surface area contributed by atoms with Crippen molar-refractivity contribution >= 4 is 29.1 Å². The molecule has 3 N–H and O–H groups in total. The largest absolute Gasteiger partial charge is 0.444 e. The summed E-state index contributed by atoms with van der Waals surface area (Å²) in [5.74, 6) is 1.45. The number of nitrogens with two attached hydrogens (primary N) is 1. The lowest BCUT2D eigenvalue weighted by Gasteiger charge is -2.62. The lowest BCUT2D eigenvalue weighted by atomic mass is 9.78. The monoisotopic (exact) mass is 382 g/mol. The number of likely N-dealkylation sites (tertiary alicyclic amines) is 1. The van der Waals surface area contributed by atoms with Crippen molar-refractivity contribution in [3.05, 3.63) is 36.7 Å². The number of anilines is 4. The van der Waals surface area contributed by atoms with E-state index in [1.54, 1.807) is 12.4 Å². The Bertz CT molecular complexity index is 874. The molecule has 2 saturated heterocycles. The average Bonchev–Trinajstić information content (AvgIpc) is 2.55. The fourth-order valence-corrected chi connectivity index (χ4v) is 3.60. The van der Waals surface area contributed by atoms with Crippen molar-refractivity contribution in [2.24, 2.45) is 0 Å². The van der Waals surface area contributed by atoms with Gasteiger partial charge in [-0.15, -0.1) is 0 Å². The highest BCUT2D eigenvalue weighted by atomic mass is 16.6. The molecule has 2 aromatic heterocycles. The fourth-order valence-electron chi connectivity index (χ4n) is 3.60. The summed E-state index contributed by atoms with van der Waals surface area (Å²) < 4.78 is 5.54. The molecule has 1 amide bonds. The molecule has 2 fully saturated rings. The summed E-state index contributed by atoms with van der Waals surface area (Å²) in [5, 5.41) is 3.23. The van der Waals surface area contributed by atoms with Crippen LogP contribution in [0.3, 0.4) is 0 Å². The Labute approximate surface area is 164 Å². The van der Waals surface area contributed by atoms with Crippen LogP contribution in [-0.2, 0) is 4.74 Å². The SMILES string of the molecule is CC(C)(C)OC(=O)N1CCC12CN(c1ccc(N)c(Nc3ccncc3)n1)C2. The van der Waals surface area contributed by atoms with Crippen molar-refractivity contribution < 1.29 is 9.53 Å². The summed E-state index contributed by atoms with van der Waals surface area (Å²) in [5.41, 5.74) is 6.92. The molecule has 0 aromatic carbocycles. The molecule has 28 heavy (non-hydrogen) atoms. The molecule has 1 spiro atoms. The van der Waals surface area contributed by atoms with E-state index in [-0.39, 0.29) is 11.6 Å². The number of rotatable bonds is 3. The molecule has 4 rings (SSSR count). The van der Waals surface area contributed by atoms with E-state index in [2.05, 4.69) is 20.2 Å². The first-order chi connectivity index (χ1) is 13.3. The summed E-state index contributed by atoms with van der Waals surface area (Å²) in [7, 11) is 0. The number of aromatic nitrogens is 2. The third-order valence-corrected chi connectivity index (χ3v) is 5.14. The van der Waals surface area contributed by atoms with Gasteiger partial charge in [-0.1, -0.05) is 0 Å². The van der Waals surface area contributed by atoms with Gasteiger partial charge >= 0.3 is 6.09 Å². The third-order valence-electron chi connectivity index (χ3n) is 5.14. The van der Waals surface area contributed by atoms with Crippen LogP contribution in [0.4, 0.5) is 27.8 Å². The van der Waals surface area contributed by atoms with Gasteiger partial charge in [0.2, 0.25) is 0 Å². The van der Waals surface area contributed by atoms with E-state index in [1.165, 1.54) is 0 Å². The van der Waals surface area contributed by atoms with Crippen LogP contribution in [0.1, 0.15) is 27.2 Å². The summed E-state index contributed by atoms with van der Waals surface area (Å²) in [6, 6.07) is 7.48. The third kappa shape index (κ3) is 3.42. The molecule has 0 radical (unpaired) electrons. The minimum atomic E-state index is -0.483. The van der Waals surface area contributed by atoms with Gasteiger partial charge in [0.25, 0.3) is 0 Å². The number of amides is 1. The van der Waals surface area contributed by atoms with Gasteiger partial charge in [0.15, 0.2) is 5.82 Å². The van der Waals surface area contributed by atoms with E-state index in [0.717, 1.165) is 37.6 Å². The molecule has 8 nitrogen and oxygen atoms in total. The second kappa shape index (κ2) is 6.54. The Hall–Kier alpha value is -3.03. The highest BCUT2D eigenvalue weighted by molar-refractivity contribution is 5.73. The number of nitrogens with zero attached hydrogens (tertiary/aromatic N) is 4. The van der Waals surface area contributed by atoms with Crippen molar-refractivity contribution in [3.8, 4) is 0 Å². The van der Waals surface area contributed by atoms with Crippen molar-refractivity contribution in [1.29, 1.82) is 0 Å². The quantitative estimate of drug-likeness (QED) is 0.842. The smallest absolute Gasteiger partial charge is 0.410 e. The topological polar surface area (TPSA) is 96.6 Å². The van der Waals surface area contributed by atoms with Crippen molar-refractivity contribution in [2.75, 3.05) is 35.6 Å². The predicted molar refractivity (Wildman–Crippen MR) is 109 cm³/mol. The highest BCUT2D eigenvalue weighted by Crippen LogP contribution is 2.42. The minimum absolute atomic E-state index is 0.135. The fraction of sp³-hybridized carbons (Fsp3) is 0.450. The van der Waals surface area contributed by atoms with Crippen LogP contribution in [0, 0.1) is 0 Å². The van der Waals surface area contributed by atoms with Crippen molar-refractivity contribution in [1.82, 2.24) is 14.9 Å². The maximum Gasteiger partial charge on any atom is 0.410 e. The average molecular weight is 382 g/mol. The number of nitrogens with one attached hydrogen (secondary N) is 1. The first kappa shape index (κ1) is 18.3. The number of pyridine rings is 2. The van der Waals surface area contributed by atoms with Crippen LogP contribution in [0.2, 0.25) is 0 Å². The standard InChI is InChI=1S/C20H26N6O2/c1-19(2,3)28-18(27)26-11-8-20(26)12-25(13-20)16-5-4-15(21)17(24-16)23-14-6-9-22-10-7-14/h4-7,9-10H,8,11-13,21H2,1-3H3,(H,22,23,24). The molecule has 0 atom stereocenters. The van der Waals surface area contributed by atoms with E-state index in [0.29, 0.717) is 11.5 Å². The molecular formula is C20H26N6O2. The molecule has 0 saturated carbocycles. The van der Waals surface area contributed by atoms with Gasteiger partial charge in [0, 0.05) is 37.7 Å². The maximum atomic E-state index is 12.4. The molecular weight excluding hydrogens is 356 g/mol. The van der Waals surface area contributed by atoms with Gasteiger partial charge in [-0.25, -0.2) is 9.78 Å². The number of carbonyl (C=O) groups excluding carboxylic acids is 1. The Morgan fingerprint density at radius 2 is 1.93 bits per heavy atom. The first-order valence-corrected chi connectivity index (χ1v) is 9.45. The van der Waals surface area contributed by atoms with Gasteiger partial charge < -0.3 is 20.7 Å². The van der Waals surface area contributed by atoms with Gasteiger partial charge in [-0.05, 0) is 51.5 Å². The summed E-state index contributed by atoms with van der Waals surface area (Å²) in [6.07, 6.45) is 4.18. The normalized spacial score (nSPS) is 17.7. The van der Waals surface area contributed by atoms with Gasteiger partial charge in [-0.2, -0.15) is 0 Å². The van der Waals surface area contributed by atoms with Gasteiger partial charge in [0.1, 0.15) is 11.4 Å². The highest BCUT2D eigenvalue weighted by Gasteiger charge is 2.56. The number of hydrogen-bond donors (Lipinski definition) is 2. The van der Waals surface area contributed by atoms with Crippen LogP contribution in [0.25, 0.3) is 0 Å². The lowest BCUT2D eigenvalue weighted by molar-refractivity contribution is -0.0562. The van der Waals surface area contributed by atoms with E-state index in [1.807, 2.05) is 49.9 Å². The van der Waals surface area contributed by atoms with E-state index in [9.17, 15) is 4.79 Å². The molecule has 0 aliphatic carbocycles. The molecule has 0 unspecified atom stereocenters. The number of nitrogen functional groups attached to an aromatic ring is 1. The van der Waals surface area contributed by atoms with Crippen LogP contribution >= 0.6 is 0 Å². The second-order valence-corrected chi connectivity index (χ2v) is 8.43. The van der Waals surface area contributed by atoms with E-state index >= 15 is 0 Å². The zero-order valence-corrected chi connectivity index (χ0v) is 16.5. The van der Waals surface area contributed by atoms with Crippen LogP contribution in [-0.4, -0.2) is 51.7 Å². The molecule has 8 heteroatoms. The number of ether oxygens (including phenoxy) is 1. The molecule has 0 bridgehead atoms. The van der Waals surface area contributed by atoms with Crippen LogP contribution in [0.5, 0.6) is 0 Å². The molecule has 2 aromatic rings. The Kier molecular flexibility index (Phi) is 4.28. The molecule has 2 aliphatic heterocycles. The molecule has 2 aliphatic rings. The molecule has 148 valence electrons. The number of hydrogen-bond acceptors (Lipinski definition) is 7. The van der Waals surface area contributed by atoms with Crippen molar-refractivity contribution in [2.45, 2.75) is 38.3 Å². The maximum absolute atomic E-state index is 12.4. The summed E-state index contributed by atoms with van der Waals surface area (Å²) in [6.45, 7) is 7.91. The zero-order chi connectivity index (χ0) is 19.9. The Balaban J connectivity index is 1.43. The summed E-state index contributed by atoms with van der Waals surface area (Å²) >= 11 is 0. The number of carbonyl (C=O) groups is 1. The van der Waals surface area contributed by atoms with Crippen molar-refractivity contribution in [3.63, 3.8) is 0 Å². The summed E-state index contributed by atoms with van der Waals surface area (Å²) in [4.78, 5) is 25.1. The Morgan fingerprint density at radius 3 is 2.54 bits per heavy atom. The van der Waals surface area contributed by atoms with E-state index < -0.39 is 5.60 Å². The van der Waals surface area contributed by atoms with Gasteiger partial charge in [0.05, 0.1) is 11.2 Å². The minimum Gasteiger partial charge on any atom is -0.444 e. The Morgan fingerprint density at radius 1 is 1.21 bits per heavy atom. The van der Waals surface area contributed by atoms with Crippen LogP contribution < -0.4 is 16.0 Å². The van der Waals surface area contributed by atoms with Crippen LogP contribution in [0.15, 0.2) is 36.7 Å². The van der Waals surface area contributed by atoms with Gasteiger partial charge in [-0.3, -0.25) is 9.88 Å². The molecule has 4 heterocycles. The predicted octanol–water partition coefficient (Wildman–Crippen LogP) is 3.00. The second-order valence-electron chi connectivity index (χ2n) is 8.43. The lowest BCUT2D eigenvalue weighted by Crippen LogP contribution is -2.78.